The first-order valence-corrected chi connectivity index (χ1v) is 12.7. The van der Waals surface area contributed by atoms with E-state index in [0.717, 1.165) is 30.2 Å². The standard InChI is InChI=1S/C30H31F2N3O4/c1-3-18-5-4-6-19(9-18)15-33-17-28(36)27(12-20-10-21(31)13-22(32)11-20)35-30(38)25-16-34-26-14-23(39-2)7-8-24(26)29(25)37/h4-11,13-14,16,27-28,33,36H,3,12,15,17H2,1-2H3,(H,34,37)(H,35,38)/t27-,28-/m0/s1. The third-order valence-electron chi connectivity index (χ3n) is 6.57. The Balaban J connectivity index is 1.53. The van der Waals surface area contributed by atoms with Crippen LogP contribution in [0, 0.1) is 11.6 Å². The van der Waals surface area contributed by atoms with Crippen LogP contribution in [-0.2, 0) is 19.4 Å². The van der Waals surface area contributed by atoms with E-state index < -0.39 is 35.1 Å². The Morgan fingerprint density at radius 2 is 1.77 bits per heavy atom. The molecule has 1 aromatic heterocycles. The number of carbonyl (C=O) groups is 1. The quantitative estimate of drug-likeness (QED) is 0.234. The van der Waals surface area contributed by atoms with Crippen LogP contribution in [0.3, 0.4) is 0 Å². The van der Waals surface area contributed by atoms with Gasteiger partial charge < -0.3 is 25.5 Å². The van der Waals surface area contributed by atoms with Crippen molar-refractivity contribution in [3.8, 4) is 5.75 Å². The lowest BCUT2D eigenvalue weighted by molar-refractivity contribution is 0.0828. The van der Waals surface area contributed by atoms with Gasteiger partial charge in [0.15, 0.2) is 0 Å². The molecular weight excluding hydrogens is 504 g/mol. The predicted molar refractivity (Wildman–Crippen MR) is 146 cm³/mol. The number of aliphatic hydroxyl groups is 1. The highest BCUT2D eigenvalue weighted by molar-refractivity contribution is 5.97. The van der Waals surface area contributed by atoms with Crippen molar-refractivity contribution in [2.24, 2.45) is 0 Å². The average Bonchev–Trinajstić information content (AvgIpc) is 2.92. The zero-order valence-electron chi connectivity index (χ0n) is 21.8. The Labute approximate surface area is 224 Å². The number of amides is 1. The molecule has 4 rings (SSSR count). The monoisotopic (exact) mass is 535 g/mol. The van der Waals surface area contributed by atoms with Crippen molar-refractivity contribution in [1.29, 1.82) is 0 Å². The van der Waals surface area contributed by atoms with Crippen LogP contribution in [0.2, 0.25) is 0 Å². The molecule has 3 aromatic carbocycles. The number of pyridine rings is 1. The summed E-state index contributed by atoms with van der Waals surface area (Å²) in [5, 5.41) is 17.2. The lowest BCUT2D eigenvalue weighted by Gasteiger charge is -2.25. The molecule has 0 bridgehead atoms. The molecule has 7 nitrogen and oxygen atoms in total. The SMILES string of the molecule is CCc1cccc(CNC[C@H](O)[C@H](Cc2cc(F)cc(F)c2)NC(=O)c2c[nH]c3cc(OC)ccc3c2=O)c1. The summed E-state index contributed by atoms with van der Waals surface area (Å²) in [6.07, 6.45) is 1.01. The van der Waals surface area contributed by atoms with Gasteiger partial charge in [0.05, 0.1) is 24.8 Å². The molecule has 0 aliphatic carbocycles. The van der Waals surface area contributed by atoms with Crippen molar-refractivity contribution >= 4 is 16.8 Å². The minimum Gasteiger partial charge on any atom is -0.497 e. The van der Waals surface area contributed by atoms with E-state index in [-0.39, 0.29) is 24.1 Å². The molecule has 0 aliphatic rings. The number of hydrogen-bond donors (Lipinski definition) is 4. The first kappa shape index (κ1) is 27.9. The van der Waals surface area contributed by atoms with Gasteiger partial charge in [-0.1, -0.05) is 31.2 Å². The number of rotatable bonds is 11. The second kappa shape index (κ2) is 12.6. The number of halogens is 2. The first-order chi connectivity index (χ1) is 18.8. The molecule has 0 unspecified atom stereocenters. The van der Waals surface area contributed by atoms with Crippen molar-refractivity contribution in [2.45, 2.75) is 38.5 Å². The predicted octanol–water partition coefficient (Wildman–Crippen LogP) is 3.87. The second-order valence-corrected chi connectivity index (χ2v) is 9.38. The molecular formula is C30H31F2N3O4. The summed E-state index contributed by atoms with van der Waals surface area (Å²) < 4.78 is 32.9. The molecule has 9 heteroatoms. The highest BCUT2D eigenvalue weighted by atomic mass is 19.1. The number of benzene rings is 3. The molecule has 1 heterocycles. The summed E-state index contributed by atoms with van der Waals surface area (Å²) in [5.41, 5.74) is 2.33. The third kappa shape index (κ3) is 7.07. The van der Waals surface area contributed by atoms with Crippen molar-refractivity contribution in [1.82, 2.24) is 15.6 Å². The molecule has 0 aliphatic heterocycles. The van der Waals surface area contributed by atoms with Gasteiger partial charge in [-0.15, -0.1) is 0 Å². The molecule has 1 amide bonds. The van der Waals surface area contributed by atoms with Crippen LogP contribution in [0.1, 0.15) is 34.0 Å². The van der Waals surface area contributed by atoms with Crippen LogP contribution < -0.4 is 20.8 Å². The van der Waals surface area contributed by atoms with E-state index in [1.165, 1.54) is 18.9 Å². The van der Waals surface area contributed by atoms with Gasteiger partial charge in [-0.3, -0.25) is 9.59 Å². The Bertz CT molecular complexity index is 1500. The highest BCUT2D eigenvalue weighted by Gasteiger charge is 2.24. The maximum absolute atomic E-state index is 13.9. The Morgan fingerprint density at radius 3 is 2.49 bits per heavy atom. The maximum atomic E-state index is 13.9. The molecule has 4 N–H and O–H groups in total. The van der Waals surface area contributed by atoms with Gasteiger partial charge in [0.2, 0.25) is 5.43 Å². The van der Waals surface area contributed by atoms with Crippen LogP contribution in [0.15, 0.2) is 71.7 Å². The number of methoxy groups -OCH3 is 1. The minimum absolute atomic E-state index is 0.0583. The van der Waals surface area contributed by atoms with Gasteiger partial charge in [0.1, 0.15) is 22.9 Å². The fourth-order valence-electron chi connectivity index (χ4n) is 4.48. The molecule has 204 valence electrons. The highest BCUT2D eigenvalue weighted by Crippen LogP contribution is 2.17. The van der Waals surface area contributed by atoms with Crippen LogP contribution in [0.4, 0.5) is 8.78 Å². The molecule has 0 fully saturated rings. The van der Waals surface area contributed by atoms with Gasteiger partial charge in [-0.2, -0.15) is 0 Å². The van der Waals surface area contributed by atoms with E-state index in [2.05, 4.69) is 28.6 Å². The van der Waals surface area contributed by atoms with E-state index in [1.54, 1.807) is 18.2 Å². The molecule has 39 heavy (non-hydrogen) atoms. The summed E-state index contributed by atoms with van der Waals surface area (Å²) in [6, 6.07) is 15.0. The Morgan fingerprint density at radius 1 is 1.03 bits per heavy atom. The van der Waals surface area contributed by atoms with Crippen molar-refractivity contribution in [2.75, 3.05) is 13.7 Å². The number of hydrogen-bond acceptors (Lipinski definition) is 5. The third-order valence-corrected chi connectivity index (χ3v) is 6.57. The Kier molecular flexibility index (Phi) is 9.06. The molecule has 0 radical (unpaired) electrons. The van der Waals surface area contributed by atoms with E-state index in [1.807, 2.05) is 18.2 Å². The normalized spacial score (nSPS) is 12.7. The fourth-order valence-corrected chi connectivity index (χ4v) is 4.48. The Hall–Kier alpha value is -4.08. The molecule has 4 aromatic rings. The van der Waals surface area contributed by atoms with Gasteiger partial charge in [0, 0.05) is 36.8 Å². The minimum atomic E-state index is -1.13. The second-order valence-electron chi connectivity index (χ2n) is 9.38. The summed E-state index contributed by atoms with van der Waals surface area (Å²) in [4.78, 5) is 29.2. The van der Waals surface area contributed by atoms with E-state index in [0.29, 0.717) is 23.2 Å². The number of aromatic nitrogens is 1. The lowest BCUT2D eigenvalue weighted by atomic mass is 10.00. The van der Waals surface area contributed by atoms with E-state index >= 15 is 0 Å². The van der Waals surface area contributed by atoms with Crippen molar-refractivity contribution in [3.63, 3.8) is 0 Å². The molecule has 0 saturated heterocycles. The van der Waals surface area contributed by atoms with Gasteiger partial charge in [0.25, 0.3) is 5.91 Å². The van der Waals surface area contributed by atoms with E-state index in [9.17, 15) is 23.5 Å². The number of carbonyl (C=O) groups excluding carboxylic acids is 1. The fraction of sp³-hybridized carbons (Fsp3) is 0.267. The van der Waals surface area contributed by atoms with Crippen molar-refractivity contribution in [3.05, 3.63) is 111 Å². The number of aromatic amines is 1. The summed E-state index contributed by atoms with van der Waals surface area (Å²) >= 11 is 0. The first-order valence-electron chi connectivity index (χ1n) is 12.7. The largest absolute Gasteiger partial charge is 0.497 e. The molecule has 2 atom stereocenters. The van der Waals surface area contributed by atoms with Crippen LogP contribution in [0.5, 0.6) is 5.75 Å². The smallest absolute Gasteiger partial charge is 0.257 e. The number of aryl methyl sites for hydroxylation is 1. The number of aliphatic hydroxyl groups excluding tert-OH is 1. The van der Waals surface area contributed by atoms with Gasteiger partial charge >= 0.3 is 0 Å². The number of nitrogens with one attached hydrogen (secondary N) is 3. The zero-order chi connectivity index (χ0) is 27.9. The maximum Gasteiger partial charge on any atom is 0.257 e. The zero-order valence-corrected chi connectivity index (χ0v) is 21.8. The van der Waals surface area contributed by atoms with Crippen LogP contribution in [0.25, 0.3) is 10.9 Å². The summed E-state index contributed by atoms with van der Waals surface area (Å²) in [6.45, 7) is 2.64. The van der Waals surface area contributed by atoms with Crippen LogP contribution in [-0.4, -0.2) is 41.8 Å². The van der Waals surface area contributed by atoms with Crippen LogP contribution >= 0.6 is 0 Å². The summed E-state index contributed by atoms with van der Waals surface area (Å²) in [7, 11) is 1.51. The lowest BCUT2D eigenvalue weighted by Crippen LogP contribution is -2.49. The summed E-state index contributed by atoms with van der Waals surface area (Å²) in [5.74, 6) is -1.69. The molecule has 0 saturated carbocycles. The average molecular weight is 536 g/mol. The number of ether oxygens (including phenoxy) is 1. The van der Waals surface area contributed by atoms with Crippen molar-refractivity contribution < 1.29 is 23.4 Å². The topological polar surface area (TPSA) is 103 Å². The number of H-pyrrole nitrogens is 1. The molecule has 0 spiro atoms. The van der Waals surface area contributed by atoms with Gasteiger partial charge in [-0.25, -0.2) is 8.78 Å². The number of fused-ring (bicyclic) bond motifs is 1. The van der Waals surface area contributed by atoms with Gasteiger partial charge in [-0.05, 0) is 53.8 Å². The van der Waals surface area contributed by atoms with E-state index in [4.69, 9.17) is 4.74 Å².